The zero-order valence-corrected chi connectivity index (χ0v) is 11.9. The van der Waals surface area contributed by atoms with E-state index in [2.05, 4.69) is 51.8 Å². The third kappa shape index (κ3) is 4.14. The minimum Gasteiger partial charge on any atom is -0.327 e. The Bertz CT molecular complexity index is 369. The van der Waals surface area contributed by atoms with Crippen LogP contribution in [-0.4, -0.2) is 31.1 Å². The van der Waals surface area contributed by atoms with Gasteiger partial charge in [0.15, 0.2) is 0 Å². The van der Waals surface area contributed by atoms with Crippen LogP contribution >= 0.6 is 0 Å². The highest BCUT2D eigenvalue weighted by Gasteiger charge is 2.06. The van der Waals surface area contributed by atoms with E-state index in [1.165, 1.54) is 22.3 Å². The minimum absolute atomic E-state index is 0.251. The predicted octanol–water partition coefficient (Wildman–Crippen LogP) is 2.43. The third-order valence-electron chi connectivity index (χ3n) is 3.53. The van der Waals surface area contributed by atoms with Crippen molar-refractivity contribution in [3.63, 3.8) is 0 Å². The molecule has 17 heavy (non-hydrogen) atoms. The van der Waals surface area contributed by atoms with Crippen molar-refractivity contribution in [2.75, 3.05) is 20.1 Å². The van der Waals surface area contributed by atoms with Gasteiger partial charge in [-0.05, 0) is 63.4 Å². The highest BCUT2D eigenvalue weighted by Crippen LogP contribution is 2.17. The van der Waals surface area contributed by atoms with Gasteiger partial charge in [0.25, 0.3) is 0 Å². The van der Waals surface area contributed by atoms with Crippen LogP contribution in [0.15, 0.2) is 12.1 Å². The first-order chi connectivity index (χ1) is 7.91. The molecular weight excluding hydrogens is 208 g/mol. The average Bonchev–Trinajstić information content (AvgIpc) is 2.24. The molecule has 0 saturated carbocycles. The van der Waals surface area contributed by atoms with Crippen LogP contribution in [0, 0.1) is 20.8 Å². The van der Waals surface area contributed by atoms with Crippen molar-refractivity contribution in [2.45, 2.75) is 40.2 Å². The monoisotopic (exact) mass is 234 g/mol. The summed E-state index contributed by atoms with van der Waals surface area (Å²) in [6.45, 7) is 10.7. The molecule has 0 heterocycles. The van der Waals surface area contributed by atoms with Crippen LogP contribution in [0.25, 0.3) is 0 Å². The fourth-order valence-electron chi connectivity index (χ4n) is 2.18. The number of benzene rings is 1. The highest BCUT2D eigenvalue weighted by molar-refractivity contribution is 5.38. The van der Waals surface area contributed by atoms with Gasteiger partial charge in [-0.3, -0.25) is 0 Å². The molecule has 0 saturated heterocycles. The molecule has 2 nitrogen and oxygen atoms in total. The Labute approximate surface area is 106 Å². The summed E-state index contributed by atoms with van der Waals surface area (Å²) < 4.78 is 0. The van der Waals surface area contributed by atoms with Crippen LogP contribution in [-0.2, 0) is 6.42 Å². The molecule has 0 aliphatic rings. The number of rotatable bonds is 5. The zero-order valence-electron chi connectivity index (χ0n) is 11.9. The Morgan fingerprint density at radius 2 is 1.82 bits per heavy atom. The fraction of sp³-hybridized carbons (Fsp3) is 0.600. The van der Waals surface area contributed by atoms with Gasteiger partial charge >= 0.3 is 0 Å². The lowest BCUT2D eigenvalue weighted by atomic mass is 9.97. The third-order valence-corrected chi connectivity index (χ3v) is 3.53. The van der Waals surface area contributed by atoms with E-state index in [1.54, 1.807) is 0 Å². The lowest BCUT2D eigenvalue weighted by Crippen LogP contribution is -2.34. The molecule has 1 aromatic rings. The Morgan fingerprint density at radius 1 is 1.18 bits per heavy atom. The number of likely N-dealkylation sites (N-methyl/N-ethyl adjacent to an activating group) is 1. The first-order valence-electron chi connectivity index (χ1n) is 6.41. The number of nitrogens with two attached hydrogens (primary N) is 1. The molecule has 0 aliphatic carbocycles. The van der Waals surface area contributed by atoms with E-state index in [0.717, 1.165) is 19.5 Å². The maximum absolute atomic E-state index is 5.79. The van der Waals surface area contributed by atoms with Crippen molar-refractivity contribution in [1.29, 1.82) is 0 Å². The molecule has 1 aromatic carbocycles. The van der Waals surface area contributed by atoms with Crippen molar-refractivity contribution in [1.82, 2.24) is 4.90 Å². The van der Waals surface area contributed by atoms with Crippen LogP contribution in [0.5, 0.6) is 0 Å². The molecule has 0 bridgehead atoms. The van der Waals surface area contributed by atoms with Crippen LogP contribution < -0.4 is 5.73 Å². The van der Waals surface area contributed by atoms with Crippen LogP contribution in [0.4, 0.5) is 0 Å². The normalized spacial score (nSPS) is 13.1. The summed E-state index contributed by atoms with van der Waals surface area (Å²) in [6, 6.07) is 4.74. The largest absolute Gasteiger partial charge is 0.327 e. The van der Waals surface area contributed by atoms with Gasteiger partial charge < -0.3 is 10.6 Å². The summed E-state index contributed by atoms with van der Waals surface area (Å²) >= 11 is 0. The van der Waals surface area contributed by atoms with E-state index in [0.29, 0.717) is 0 Å². The van der Waals surface area contributed by atoms with Crippen molar-refractivity contribution >= 4 is 0 Å². The Morgan fingerprint density at radius 3 is 2.41 bits per heavy atom. The van der Waals surface area contributed by atoms with Crippen molar-refractivity contribution in [2.24, 2.45) is 5.73 Å². The summed E-state index contributed by atoms with van der Waals surface area (Å²) in [6.07, 6.45) is 1.11. The number of hydrogen-bond donors (Lipinski definition) is 1. The van der Waals surface area contributed by atoms with E-state index in [1.807, 2.05) is 0 Å². The van der Waals surface area contributed by atoms with Gasteiger partial charge in [0.1, 0.15) is 0 Å². The smallest absolute Gasteiger partial charge is 0.0139 e. The second-order valence-corrected chi connectivity index (χ2v) is 5.28. The molecule has 0 amide bonds. The van der Waals surface area contributed by atoms with Crippen molar-refractivity contribution in [3.05, 3.63) is 34.4 Å². The molecule has 2 N–H and O–H groups in total. The standard InChI is InChI=1S/C15H26N2/c1-11-6-7-15(14(4)13(11)3)8-9-17(5)10-12(2)16/h6-7,12H,8-10,16H2,1-5H3. The average molecular weight is 234 g/mol. The molecule has 0 aliphatic heterocycles. The zero-order chi connectivity index (χ0) is 13.0. The Kier molecular flexibility index (Phi) is 5.16. The lowest BCUT2D eigenvalue weighted by Gasteiger charge is -2.20. The predicted molar refractivity (Wildman–Crippen MR) is 75.5 cm³/mol. The van der Waals surface area contributed by atoms with Crippen molar-refractivity contribution in [3.8, 4) is 0 Å². The Hall–Kier alpha value is -0.860. The minimum atomic E-state index is 0.251. The summed E-state index contributed by atoms with van der Waals surface area (Å²) in [5, 5.41) is 0. The summed E-state index contributed by atoms with van der Waals surface area (Å²) in [7, 11) is 2.14. The topological polar surface area (TPSA) is 29.3 Å². The molecule has 0 radical (unpaired) electrons. The first-order valence-corrected chi connectivity index (χ1v) is 6.41. The molecule has 96 valence electrons. The van der Waals surface area contributed by atoms with Gasteiger partial charge in [0.2, 0.25) is 0 Å². The summed E-state index contributed by atoms with van der Waals surface area (Å²) in [5.41, 5.74) is 11.5. The quantitative estimate of drug-likeness (QED) is 0.848. The number of hydrogen-bond acceptors (Lipinski definition) is 2. The van der Waals surface area contributed by atoms with Gasteiger partial charge in [-0.25, -0.2) is 0 Å². The van der Waals surface area contributed by atoms with Crippen molar-refractivity contribution < 1.29 is 0 Å². The molecule has 0 aromatic heterocycles. The molecule has 0 fully saturated rings. The van der Waals surface area contributed by atoms with Gasteiger partial charge in [0.05, 0.1) is 0 Å². The van der Waals surface area contributed by atoms with Crippen LogP contribution in [0.1, 0.15) is 29.2 Å². The van der Waals surface area contributed by atoms with Gasteiger partial charge in [-0.15, -0.1) is 0 Å². The van der Waals surface area contributed by atoms with E-state index in [-0.39, 0.29) is 6.04 Å². The fourth-order valence-corrected chi connectivity index (χ4v) is 2.18. The SMILES string of the molecule is Cc1ccc(CCN(C)CC(C)N)c(C)c1C. The molecule has 2 heteroatoms. The van der Waals surface area contributed by atoms with Gasteiger partial charge in [0, 0.05) is 19.1 Å². The van der Waals surface area contributed by atoms with Crippen LogP contribution in [0.2, 0.25) is 0 Å². The lowest BCUT2D eigenvalue weighted by molar-refractivity contribution is 0.321. The molecule has 1 unspecified atom stereocenters. The van der Waals surface area contributed by atoms with E-state index < -0.39 is 0 Å². The summed E-state index contributed by atoms with van der Waals surface area (Å²) in [4.78, 5) is 2.30. The van der Waals surface area contributed by atoms with E-state index >= 15 is 0 Å². The van der Waals surface area contributed by atoms with E-state index in [4.69, 9.17) is 5.73 Å². The number of nitrogens with zero attached hydrogens (tertiary/aromatic N) is 1. The van der Waals surface area contributed by atoms with Gasteiger partial charge in [-0.2, -0.15) is 0 Å². The molecule has 1 atom stereocenters. The van der Waals surface area contributed by atoms with Crippen LogP contribution in [0.3, 0.4) is 0 Å². The molecule has 0 spiro atoms. The second-order valence-electron chi connectivity index (χ2n) is 5.28. The Balaban J connectivity index is 2.61. The first kappa shape index (κ1) is 14.2. The number of aryl methyl sites for hydroxylation is 1. The summed E-state index contributed by atoms with van der Waals surface area (Å²) in [5.74, 6) is 0. The van der Waals surface area contributed by atoms with E-state index in [9.17, 15) is 0 Å². The second kappa shape index (κ2) is 6.18. The maximum atomic E-state index is 5.79. The van der Waals surface area contributed by atoms with Gasteiger partial charge in [-0.1, -0.05) is 12.1 Å². The maximum Gasteiger partial charge on any atom is 0.0139 e. The highest BCUT2D eigenvalue weighted by atomic mass is 15.1. The molecule has 1 rings (SSSR count). The molecular formula is C15H26N2.